The average molecular weight is 549 g/mol. The standard InChI is InChI=1S/C23H27F3N2O8S/c1-4-35-21(29)14-27-22(30)28(10-11-33-2)15-16-8-9-19(34-3)20(12-16)36-37(31,32)18-7-5-6-17(13-18)23(24,25)26/h5-9,12-13H,4,10-11,14-15H2,1-3H3,(H,27,30). The highest BCUT2D eigenvalue weighted by atomic mass is 32.2. The first kappa shape index (κ1) is 29.7. The molecule has 2 aromatic rings. The molecule has 2 rings (SSSR count). The van der Waals surface area contributed by atoms with Crippen molar-refractivity contribution in [3.05, 3.63) is 53.6 Å². The molecule has 0 bridgehead atoms. The van der Waals surface area contributed by atoms with E-state index in [0.29, 0.717) is 11.6 Å². The maximum Gasteiger partial charge on any atom is 0.416 e. The van der Waals surface area contributed by atoms with E-state index >= 15 is 0 Å². The Morgan fingerprint density at radius 1 is 1.05 bits per heavy atom. The van der Waals surface area contributed by atoms with E-state index in [1.54, 1.807) is 13.0 Å². The molecule has 0 spiro atoms. The Morgan fingerprint density at radius 3 is 2.41 bits per heavy atom. The molecule has 204 valence electrons. The Bertz CT molecular complexity index is 1190. The first-order chi connectivity index (χ1) is 17.4. The van der Waals surface area contributed by atoms with Crippen molar-refractivity contribution in [1.82, 2.24) is 10.2 Å². The van der Waals surface area contributed by atoms with Crippen LogP contribution in [0.1, 0.15) is 18.1 Å². The van der Waals surface area contributed by atoms with Crippen LogP contribution in [0.2, 0.25) is 0 Å². The van der Waals surface area contributed by atoms with Crippen LogP contribution in [0.4, 0.5) is 18.0 Å². The number of benzene rings is 2. The lowest BCUT2D eigenvalue weighted by Crippen LogP contribution is -2.43. The first-order valence-electron chi connectivity index (χ1n) is 10.9. The minimum atomic E-state index is -4.75. The predicted molar refractivity (Wildman–Crippen MR) is 125 cm³/mol. The van der Waals surface area contributed by atoms with Gasteiger partial charge in [0, 0.05) is 20.2 Å². The fourth-order valence-electron chi connectivity index (χ4n) is 3.02. The van der Waals surface area contributed by atoms with Crippen LogP contribution < -0.4 is 14.2 Å². The summed E-state index contributed by atoms with van der Waals surface area (Å²) in [5, 5.41) is 2.42. The molecule has 14 heteroatoms. The molecule has 10 nitrogen and oxygen atoms in total. The van der Waals surface area contributed by atoms with Gasteiger partial charge in [0.05, 0.1) is 25.9 Å². The number of rotatable bonds is 12. The fourth-order valence-corrected chi connectivity index (χ4v) is 4.00. The van der Waals surface area contributed by atoms with Gasteiger partial charge >= 0.3 is 28.3 Å². The minimum absolute atomic E-state index is 0.00509. The maximum atomic E-state index is 13.0. The average Bonchev–Trinajstić information content (AvgIpc) is 2.84. The van der Waals surface area contributed by atoms with Gasteiger partial charge in [-0.1, -0.05) is 12.1 Å². The Morgan fingerprint density at radius 2 is 1.78 bits per heavy atom. The Kier molecular flexibility index (Phi) is 10.6. The lowest BCUT2D eigenvalue weighted by Gasteiger charge is -2.23. The quantitative estimate of drug-likeness (QED) is 0.317. The zero-order valence-corrected chi connectivity index (χ0v) is 21.1. The summed E-state index contributed by atoms with van der Waals surface area (Å²) in [6, 6.07) is 6.73. The largest absolute Gasteiger partial charge is 0.493 e. The monoisotopic (exact) mass is 548 g/mol. The summed E-state index contributed by atoms with van der Waals surface area (Å²) < 4.78 is 84.7. The summed E-state index contributed by atoms with van der Waals surface area (Å²) in [7, 11) is -1.98. The van der Waals surface area contributed by atoms with Crippen LogP contribution in [0.15, 0.2) is 47.4 Å². The third-order valence-electron chi connectivity index (χ3n) is 4.79. The number of carbonyl (C=O) groups excluding carboxylic acids is 2. The number of carbonyl (C=O) groups is 2. The van der Waals surface area contributed by atoms with Crippen molar-refractivity contribution >= 4 is 22.1 Å². The summed E-state index contributed by atoms with van der Waals surface area (Å²) in [5.74, 6) is -0.923. The van der Waals surface area contributed by atoms with E-state index in [0.717, 1.165) is 18.2 Å². The Balaban J connectivity index is 2.29. The van der Waals surface area contributed by atoms with E-state index in [-0.39, 0.29) is 44.3 Å². The van der Waals surface area contributed by atoms with Crippen LogP contribution in [0.25, 0.3) is 0 Å². The van der Waals surface area contributed by atoms with Gasteiger partial charge in [-0.25, -0.2) is 4.79 Å². The van der Waals surface area contributed by atoms with E-state index < -0.39 is 38.8 Å². The molecule has 0 saturated heterocycles. The predicted octanol–water partition coefficient (Wildman–Crippen LogP) is 3.20. The highest BCUT2D eigenvalue weighted by Crippen LogP contribution is 2.34. The van der Waals surface area contributed by atoms with E-state index in [2.05, 4.69) is 5.32 Å². The summed E-state index contributed by atoms with van der Waals surface area (Å²) in [4.78, 5) is 24.8. The number of alkyl halides is 3. The Labute approximate surface area is 212 Å². The van der Waals surface area contributed by atoms with Gasteiger partial charge in [-0.3, -0.25) is 4.79 Å². The molecule has 0 radical (unpaired) electrons. The SMILES string of the molecule is CCOC(=O)CNC(=O)N(CCOC)Cc1ccc(OC)c(OS(=O)(=O)c2cccc(C(F)(F)F)c2)c1. The third-order valence-corrected chi connectivity index (χ3v) is 6.02. The number of ether oxygens (including phenoxy) is 3. The fraction of sp³-hybridized carbons (Fsp3) is 0.391. The smallest absolute Gasteiger partial charge is 0.416 e. The lowest BCUT2D eigenvalue weighted by molar-refractivity contribution is -0.142. The van der Waals surface area contributed by atoms with Crippen LogP contribution in [-0.4, -0.2) is 65.8 Å². The molecule has 0 atom stereocenters. The molecule has 0 aromatic heterocycles. The summed E-state index contributed by atoms with van der Waals surface area (Å²) in [5.41, 5.74) is -0.752. The van der Waals surface area contributed by atoms with Crippen molar-refractivity contribution in [1.29, 1.82) is 0 Å². The number of urea groups is 1. The summed E-state index contributed by atoms with van der Waals surface area (Å²) in [6.07, 6.45) is -4.75. The van der Waals surface area contributed by atoms with Crippen LogP contribution in [-0.2, 0) is 37.1 Å². The van der Waals surface area contributed by atoms with Gasteiger partial charge in [-0.05, 0) is 42.8 Å². The van der Waals surface area contributed by atoms with Gasteiger partial charge in [0.15, 0.2) is 11.5 Å². The van der Waals surface area contributed by atoms with Crippen LogP contribution in [0, 0.1) is 0 Å². The highest BCUT2D eigenvalue weighted by Gasteiger charge is 2.32. The molecular formula is C23H27F3N2O8S. The highest BCUT2D eigenvalue weighted by molar-refractivity contribution is 7.87. The molecule has 1 N–H and O–H groups in total. The van der Waals surface area contributed by atoms with Crippen LogP contribution >= 0.6 is 0 Å². The molecule has 0 aliphatic carbocycles. The first-order valence-corrected chi connectivity index (χ1v) is 12.3. The normalized spacial score (nSPS) is 11.5. The molecule has 37 heavy (non-hydrogen) atoms. The molecule has 2 aromatic carbocycles. The number of halogens is 3. The second kappa shape index (κ2) is 13.1. The summed E-state index contributed by atoms with van der Waals surface area (Å²) >= 11 is 0. The molecule has 0 aliphatic rings. The molecule has 0 heterocycles. The molecular weight excluding hydrogens is 521 g/mol. The van der Waals surface area contributed by atoms with E-state index in [1.165, 1.54) is 31.3 Å². The number of nitrogens with zero attached hydrogens (tertiary/aromatic N) is 1. The zero-order chi connectivity index (χ0) is 27.6. The lowest BCUT2D eigenvalue weighted by atomic mass is 10.2. The van der Waals surface area contributed by atoms with Crippen molar-refractivity contribution in [2.45, 2.75) is 24.5 Å². The number of esters is 1. The second-order valence-corrected chi connectivity index (χ2v) is 8.97. The number of hydrogen-bond donors (Lipinski definition) is 1. The molecule has 2 amide bonds. The van der Waals surface area contributed by atoms with E-state index in [9.17, 15) is 31.2 Å². The van der Waals surface area contributed by atoms with Crippen LogP contribution in [0.3, 0.4) is 0 Å². The number of hydrogen-bond acceptors (Lipinski definition) is 8. The van der Waals surface area contributed by atoms with E-state index in [4.69, 9.17) is 18.4 Å². The van der Waals surface area contributed by atoms with Gasteiger partial charge in [-0.2, -0.15) is 21.6 Å². The van der Waals surface area contributed by atoms with Crippen molar-refractivity contribution in [3.8, 4) is 11.5 Å². The zero-order valence-electron chi connectivity index (χ0n) is 20.3. The van der Waals surface area contributed by atoms with Crippen molar-refractivity contribution < 1.29 is 49.6 Å². The second-order valence-electron chi connectivity index (χ2n) is 7.43. The maximum absolute atomic E-state index is 13.0. The molecule has 0 unspecified atom stereocenters. The molecule has 0 saturated carbocycles. The van der Waals surface area contributed by atoms with Crippen molar-refractivity contribution in [2.75, 3.05) is 40.5 Å². The minimum Gasteiger partial charge on any atom is -0.493 e. The Hall–Kier alpha value is -3.52. The van der Waals surface area contributed by atoms with Gasteiger partial charge in [0.1, 0.15) is 11.4 Å². The third kappa shape index (κ3) is 8.82. The number of amides is 2. The van der Waals surface area contributed by atoms with Crippen molar-refractivity contribution in [3.63, 3.8) is 0 Å². The van der Waals surface area contributed by atoms with Gasteiger partial charge in [0.25, 0.3) is 0 Å². The van der Waals surface area contributed by atoms with E-state index in [1.807, 2.05) is 0 Å². The molecule has 0 aliphatic heterocycles. The van der Waals surface area contributed by atoms with Crippen LogP contribution in [0.5, 0.6) is 11.5 Å². The number of nitrogens with one attached hydrogen (secondary N) is 1. The number of methoxy groups -OCH3 is 2. The van der Waals surface area contributed by atoms with Gasteiger partial charge in [0.2, 0.25) is 0 Å². The van der Waals surface area contributed by atoms with Gasteiger partial charge in [-0.15, -0.1) is 0 Å². The van der Waals surface area contributed by atoms with Gasteiger partial charge < -0.3 is 28.6 Å². The van der Waals surface area contributed by atoms with Crippen molar-refractivity contribution in [2.24, 2.45) is 0 Å². The molecule has 0 fully saturated rings. The summed E-state index contributed by atoms with van der Waals surface area (Å²) in [6.45, 7) is 1.65. The topological polar surface area (TPSA) is 120 Å².